The smallest absolute Gasteiger partial charge is 0.0465 e. The Labute approximate surface area is 368 Å². The van der Waals surface area contributed by atoms with Crippen LogP contribution in [0, 0.1) is 0 Å². The maximum atomic E-state index is 2.42. The quantitative estimate of drug-likeness (QED) is 0.162. The summed E-state index contributed by atoms with van der Waals surface area (Å²) in [6, 6.07) is 74.7. The molecule has 9 aromatic carbocycles. The highest BCUT2D eigenvalue weighted by molar-refractivity contribution is 7.25. The lowest BCUT2D eigenvalue weighted by molar-refractivity contribution is 0.660. The molecule has 0 unspecified atom stereocenters. The summed E-state index contributed by atoms with van der Waals surface area (Å²) in [6.45, 7) is 9.40. The molecular formula is C60H45NS. The van der Waals surface area contributed by atoms with Crippen LogP contribution in [0.15, 0.2) is 200 Å². The van der Waals surface area contributed by atoms with E-state index in [1.165, 1.54) is 98.1 Å². The Morgan fingerprint density at radius 1 is 0.306 bits per heavy atom. The van der Waals surface area contributed by atoms with Gasteiger partial charge in [-0.15, -0.1) is 11.3 Å². The minimum Gasteiger partial charge on any atom is -0.310 e. The fourth-order valence-corrected chi connectivity index (χ4v) is 11.7. The number of hydrogen-bond acceptors (Lipinski definition) is 2. The first-order valence-electron chi connectivity index (χ1n) is 21.7. The van der Waals surface area contributed by atoms with Gasteiger partial charge < -0.3 is 4.90 Å². The standard InChI is InChI=1S/C60H45NS/c1-59(2)54-15-9-6-12-48(54)52-35-42(26-34-55(52)59)40-19-17-38(18-20-40)39-21-27-44(28-22-39)61(46-31-33-49-47-11-5-8-14-53(47)60(3,4)56(49)37-46)45-29-23-41(24-30-45)43-25-32-51-50-13-7-10-16-57(50)62-58(51)36-43/h5-37H,1-4H3. The molecule has 1 nitrogen and oxygen atoms in total. The molecule has 1 heterocycles. The summed E-state index contributed by atoms with van der Waals surface area (Å²) in [4.78, 5) is 2.42. The number of anilines is 3. The minimum absolute atomic E-state index is 0.0122. The third-order valence-corrected chi connectivity index (χ3v) is 15.1. The molecule has 2 heteroatoms. The van der Waals surface area contributed by atoms with Crippen molar-refractivity contribution in [1.29, 1.82) is 0 Å². The van der Waals surface area contributed by atoms with Gasteiger partial charge in [0.15, 0.2) is 0 Å². The van der Waals surface area contributed by atoms with Crippen LogP contribution in [0.25, 0.3) is 75.8 Å². The molecule has 0 radical (unpaired) electrons. The molecule has 0 atom stereocenters. The Bertz CT molecular complexity index is 3380. The summed E-state index contributed by atoms with van der Waals surface area (Å²) in [5, 5.41) is 2.66. The second-order valence-electron chi connectivity index (χ2n) is 18.1. The lowest BCUT2D eigenvalue weighted by atomic mass is 9.82. The highest BCUT2D eigenvalue weighted by atomic mass is 32.1. The van der Waals surface area contributed by atoms with Crippen LogP contribution in [0.5, 0.6) is 0 Å². The van der Waals surface area contributed by atoms with E-state index in [0.717, 1.165) is 17.1 Å². The molecule has 62 heavy (non-hydrogen) atoms. The third kappa shape index (κ3) is 5.67. The van der Waals surface area contributed by atoms with Gasteiger partial charge in [0.1, 0.15) is 0 Å². The molecule has 0 fully saturated rings. The Kier molecular flexibility index (Phi) is 8.17. The van der Waals surface area contributed by atoms with Crippen molar-refractivity contribution in [1.82, 2.24) is 0 Å². The number of thiophene rings is 1. The zero-order chi connectivity index (χ0) is 41.7. The van der Waals surface area contributed by atoms with Crippen LogP contribution >= 0.6 is 11.3 Å². The van der Waals surface area contributed by atoms with Gasteiger partial charge in [-0.3, -0.25) is 0 Å². The largest absolute Gasteiger partial charge is 0.310 e. The van der Waals surface area contributed by atoms with E-state index in [-0.39, 0.29) is 10.8 Å². The molecule has 0 spiro atoms. The van der Waals surface area contributed by atoms with Crippen molar-refractivity contribution in [2.24, 2.45) is 0 Å². The van der Waals surface area contributed by atoms with Gasteiger partial charge in [-0.1, -0.05) is 173 Å². The zero-order valence-electron chi connectivity index (χ0n) is 35.4. The third-order valence-electron chi connectivity index (χ3n) is 13.9. The molecule has 12 rings (SSSR count). The van der Waals surface area contributed by atoms with Gasteiger partial charge in [-0.25, -0.2) is 0 Å². The van der Waals surface area contributed by atoms with Gasteiger partial charge in [0.25, 0.3) is 0 Å². The van der Waals surface area contributed by atoms with E-state index in [0.29, 0.717) is 0 Å². The van der Waals surface area contributed by atoms with E-state index < -0.39 is 0 Å². The van der Waals surface area contributed by atoms with E-state index in [4.69, 9.17) is 0 Å². The second-order valence-corrected chi connectivity index (χ2v) is 19.2. The van der Waals surface area contributed by atoms with Gasteiger partial charge >= 0.3 is 0 Å². The first-order valence-corrected chi connectivity index (χ1v) is 22.6. The fourth-order valence-electron chi connectivity index (χ4n) is 10.5. The molecule has 0 bridgehead atoms. The number of fused-ring (bicyclic) bond motifs is 9. The van der Waals surface area contributed by atoms with Gasteiger partial charge in [0.2, 0.25) is 0 Å². The average molecular weight is 812 g/mol. The molecule has 2 aliphatic carbocycles. The van der Waals surface area contributed by atoms with E-state index >= 15 is 0 Å². The van der Waals surface area contributed by atoms with Gasteiger partial charge in [-0.05, 0) is 132 Å². The maximum absolute atomic E-state index is 2.42. The molecule has 296 valence electrons. The Morgan fingerprint density at radius 3 is 1.40 bits per heavy atom. The van der Waals surface area contributed by atoms with Crippen molar-refractivity contribution in [3.63, 3.8) is 0 Å². The Morgan fingerprint density at radius 2 is 0.742 bits per heavy atom. The van der Waals surface area contributed by atoms with E-state index in [9.17, 15) is 0 Å². The van der Waals surface area contributed by atoms with E-state index in [1.807, 2.05) is 11.3 Å². The predicted molar refractivity (Wildman–Crippen MR) is 265 cm³/mol. The molecule has 2 aliphatic rings. The number of nitrogens with zero attached hydrogens (tertiary/aromatic N) is 1. The molecule has 0 aliphatic heterocycles. The molecule has 0 N–H and O–H groups in total. The molecule has 0 saturated heterocycles. The van der Waals surface area contributed by atoms with Crippen molar-refractivity contribution in [2.75, 3.05) is 4.90 Å². The predicted octanol–water partition coefficient (Wildman–Crippen LogP) is 17.1. The zero-order valence-corrected chi connectivity index (χ0v) is 36.2. The fraction of sp³-hybridized carbons (Fsp3) is 0.100. The van der Waals surface area contributed by atoms with Crippen molar-refractivity contribution in [3.05, 3.63) is 222 Å². The molecule has 0 saturated carbocycles. The maximum Gasteiger partial charge on any atom is 0.0465 e. The Balaban J connectivity index is 0.887. The SMILES string of the molecule is CC1(C)c2ccccc2-c2cc(-c3ccc(-c4ccc(N(c5ccc(-c6ccc7c(c6)sc6ccccc67)cc5)c5ccc6c(c5)C(C)(C)c5ccccc5-6)cc4)cc3)ccc21. The highest BCUT2D eigenvalue weighted by Gasteiger charge is 2.36. The summed E-state index contributed by atoms with van der Waals surface area (Å²) in [5.74, 6) is 0. The van der Waals surface area contributed by atoms with Crippen molar-refractivity contribution < 1.29 is 0 Å². The summed E-state index contributed by atoms with van der Waals surface area (Å²) in [6.07, 6.45) is 0. The minimum atomic E-state index is -0.0976. The first kappa shape index (κ1) is 36.8. The van der Waals surface area contributed by atoms with Crippen molar-refractivity contribution in [3.8, 4) is 55.6 Å². The normalized spacial score (nSPS) is 14.1. The lowest BCUT2D eigenvalue weighted by Gasteiger charge is -2.28. The molecular weight excluding hydrogens is 767 g/mol. The summed E-state index contributed by atoms with van der Waals surface area (Å²) < 4.78 is 2.66. The number of benzene rings is 9. The van der Waals surface area contributed by atoms with Crippen LogP contribution in [-0.4, -0.2) is 0 Å². The molecule has 10 aromatic rings. The average Bonchev–Trinajstić information content (AvgIpc) is 3.88. The first-order chi connectivity index (χ1) is 30.2. The lowest BCUT2D eigenvalue weighted by Crippen LogP contribution is -2.16. The highest BCUT2D eigenvalue weighted by Crippen LogP contribution is 2.52. The number of rotatable bonds is 6. The summed E-state index contributed by atoms with van der Waals surface area (Å²) in [7, 11) is 0. The molecule has 1 aromatic heterocycles. The van der Waals surface area contributed by atoms with Crippen LogP contribution in [0.2, 0.25) is 0 Å². The van der Waals surface area contributed by atoms with Crippen molar-refractivity contribution >= 4 is 48.6 Å². The van der Waals surface area contributed by atoms with Crippen LogP contribution < -0.4 is 4.90 Å². The monoisotopic (exact) mass is 811 g/mol. The van der Waals surface area contributed by atoms with Gasteiger partial charge in [0.05, 0.1) is 0 Å². The van der Waals surface area contributed by atoms with Crippen LogP contribution in [-0.2, 0) is 10.8 Å². The Hall–Kier alpha value is -7.00. The van der Waals surface area contributed by atoms with Gasteiger partial charge in [-0.2, -0.15) is 0 Å². The van der Waals surface area contributed by atoms with Crippen molar-refractivity contribution in [2.45, 2.75) is 38.5 Å². The van der Waals surface area contributed by atoms with Crippen LogP contribution in [0.4, 0.5) is 17.1 Å². The topological polar surface area (TPSA) is 3.24 Å². The second kappa shape index (κ2) is 13.8. The summed E-state index contributed by atoms with van der Waals surface area (Å²) >= 11 is 1.87. The van der Waals surface area contributed by atoms with Crippen LogP contribution in [0.1, 0.15) is 49.9 Å². The van der Waals surface area contributed by atoms with E-state index in [2.05, 4.69) is 233 Å². The van der Waals surface area contributed by atoms with Crippen LogP contribution in [0.3, 0.4) is 0 Å². The summed E-state index contributed by atoms with van der Waals surface area (Å²) in [5.41, 5.74) is 21.6. The van der Waals surface area contributed by atoms with Gasteiger partial charge in [0, 0.05) is 48.1 Å². The number of hydrogen-bond donors (Lipinski definition) is 0. The molecule has 0 amide bonds. The van der Waals surface area contributed by atoms with E-state index in [1.54, 1.807) is 0 Å².